The van der Waals surface area contributed by atoms with Crippen LogP contribution in [0.25, 0.3) is 0 Å². The highest BCUT2D eigenvalue weighted by atomic mass is 16.6. The third kappa shape index (κ3) is 3.46. The Morgan fingerprint density at radius 2 is 2.00 bits per heavy atom. The maximum atomic E-state index is 13.3. The maximum Gasteiger partial charge on any atom is 0.343 e. The van der Waals surface area contributed by atoms with E-state index in [4.69, 9.17) is 14.2 Å². The largest absolute Gasteiger partial charge is 0.457 e. The van der Waals surface area contributed by atoms with Crippen LogP contribution in [-0.2, 0) is 23.8 Å². The number of carbonyl (C=O) groups is 2. The first-order valence-electron chi connectivity index (χ1n) is 12.0. The zero-order valence-corrected chi connectivity index (χ0v) is 20.6. The van der Waals surface area contributed by atoms with E-state index in [2.05, 4.69) is 0 Å². The molecule has 2 bridgehead atoms. The second kappa shape index (κ2) is 8.53. The Morgan fingerprint density at radius 1 is 1.32 bits per heavy atom. The molecule has 9 nitrogen and oxygen atoms in total. The number of carbonyl (C=O) groups excluding carboxylic acids is 2. The van der Waals surface area contributed by atoms with Crippen molar-refractivity contribution in [3.8, 4) is 0 Å². The van der Waals surface area contributed by atoms with E-state index in [-0.39, 0.29) is 35.0 Å². The van der Waals surface area contributed by atoms with Crippen LogP contribution in [0.4, 0.5) is 0 Å². The fourth-order valence-electron chi connectivity index (χ4n) is 7.00. The third-order valence-corrected chi connectivity index (χ3v) is 8.89. The molecule has 0 aromatic heterocycles. The Hall–Kier alpha value is -2.10. The number of esters is 1. The number of Topliss-reactive ketones (excluding diaryl/α,β-unsaturated/α-hetero) is 1. The first kappa shape index (κ1) is 25.0. The van der Waals surface area contributed by atoms with Crippen LogP contribution in [0.2, 0.25) is 0 Å². The first-order valence-corrected chi connectivity index (χ1v) is 12.0. The predicted molar refractivity (Wildman–Crippen MR) is 121 cm³/mol. The van der Waals surface area contributed by atoms with Crippen LogP contribution in [0, 0.1) is 39.7 Å². The summed E-state index contributed by atoms with van der Waals surface area (Å²) in [6, 6.07) is 0. The van der Waals surface area contributed by atoms with Crippen molar-refractivity contribution in [3.05, 3.63) is 33.4 Å². The molecule has 0 aromatic rings. The van der Waals surface area contributed by atoms with Crippen LogP contribution in [0.3, 0.4) is 0 Å². The Balaban J connectivity index is 1.82. The molecule has 0 amide bonds. The molecule has 34 heavy (non-hydrogen) atoms. The predicted octanol–water partition coefficient (Wildman–Crippen LogP) is 2.48. The smallest absolute Gasteiger partial charge is 0.343 e. The van der Waals surface area contributed by atoms with Gasteiger partial charge in [0.05, 0.1) is 23.7 Å². The van der Waals surface area contributed by atoms with E-state index in [0.29, 0.717) is 12.8 Å². The highest BCUT2D eigenvalue weighted by molar-refractivity contribution is 5.86. The average Bonchev–Trinajstić information content (AvgIpc) is 3.08. The second-order valence-corrected chi connectivity index (χ2v) is 10.6. The lowest BCUT2D eigenvalue weighted by molar-refractivity contribution is -0.492. The lowest BCUT2D eigenvalue weighted by atomic mass is 9.58. The molecule has 2 aliphatic carbocycles. The quantitative estimate of drug-likeness (QED) is 0.257. The highest BCUT2D eigenvalue weighted by Crippen LogP contribution is 2.60. The van der Waals surface area contributed by atoms with Crippen molar-refractivity contribution in [1.29, 1.82) is 0 Å². The van der Waals surface area contributed by atoms with Gasteiger partial charge in [0, 0.05) is 42.1 Å². The van der Waals surface area contributed by atoms with Crippen LogP contribution in [-0.4, -0.2) is 65.0 Å². The number of rotatable bonds is 7. The molecular weight excluding hydrogens is 442 g/mol. The van der Waals surface area contributed by atoms with E-state index < -0.39 is 47.3 Å². The van der Waals surface area contributed by atoms with Gasteiger partial charge in [-0.2, -0.15) is 0 Å². The normalized spacial score (nSPS) is 41.3. The average molecular weight is 478 g/mol. The van der Waals surface area contributed by atoms with E-state index in [1.807, 2.05) is 26.0 Å². The van der Waals surface area contributed by atoms with E-state index in [9.17, 15) is 24.8 Å². The Kier molecular flexibility index (Phi) is 6.28. The van der Waals surface area contributed by atoms with Crippen molar-refractivity contribution in [2.75, 3.05) is 13.7 Å². The monoisotopic (exact) mass is 477 g/mol. The Bertz CT molecular complexity index is 957. The number of nitro groups is 1. The topological polar surface area (TPSA) is 125 Å². The molecule has 1 spiro atoms. The Labute approximate surface area is 199 Å². The molecule has 2 aliphatic heterocycles. The number of aliphatic hydroxyl groups is 1. The lowest BCUT2D eigenvalue weighted by Gasteiger charge is -2.54. The van der Waals surface area contributed by atoms with Gasteiger partial charge in [-0.3, -0.25) is 14.9 Å². The van der Waals surface area contributed by atoms with Crippen molar-refractivity contribution >= 4 is 11.8 Å². The molecule has 4 rings (SSSR count). The van der Waals surface area contributed by atoms with Gasteiger partial charge in [0.1, 0.15) is 11.9 Å². The van der Waals surface area contributed by atoms with Crippen LogP contribution in [0.15, 0.2) is 23.3 Å². The van der Waals surface area contributed by atoms with Gasteiger partial charge in [-0.1, -0.05) is 26.0 Å². The van der Waals surface area contributed by atoms with Gasteiger partial charge in [0.15, 0.2) is 5.60 Å². The summed E-state index contributed by atoms with van der Waals surface area (Å²) < 4.78 is 18.3. The molecule has 0 aromatic carbocycles. The summed E-state index contributed by atoms with van der Waals surface area (Å²) in [6.07, 6.45) is 2.95. The third-order valence-electron chi connectivity index (χ3n) is 8.89. The molecule has 0 radical (unpaired) electrons. The minimum atomic E-state index is -1.27. The molecule has 9 heteroatoms. The molecule has 0 saturated carbocycles. The summed E-state index contributed by atoms with van der Waals surface area (Å²) >= 11 is 0. The van der Waals surface area contributed by atoms with Crippen molar-refractivity contribution < 1.29 is 33.8 Å². The van der Waals surface area contributed by atoms with Crippen molar-refractivity contribution in [2.24, 2.45) is 29.6 Å². The van der Waals surface area contributed by atoms with Gasteiger partial charge in [0.2, 0.25) is 6.54 Å². The molecular formula is C25H35NO8. The minimum Gasteiger partial charge on any atom is -0.457 e. The van der Waals surface area contributed by atoms with Crippen LogP contribution in [0.1, 0.15) is 47.5 Å². The van der Waals surface area contributed by atoms with Gasteiger partial charge >= 0.3 is 5.97 Å². The molecule has 2 unspecified atom stereocenters. The minimum absolute atomic E-state index is 0.0768. The van der Waals surface area contributed by atoms with Crippen LogP contribution in [0.5, 0.6) is 0 Å². The number of ketones is 1. The maximum absolute atomic E-state index is 13.3. The van der Waals surface area contributed by atoms with E-state index >= 15 is 0 Å². The van der Waals surface area contributed by atoms with Gasteiger partial charge in [-0.05, 0) is 38.3 Å². The standard InChI is InChI=1S/C25H35NO8/c1-12(15(4)27)19(11-26(30)31)22-17-7-8-18-10-25(32-6)20(14(3)24(18,9-17)34-22)13(2)21(16(5)28)33-23(25)29/h7-8,12-13,16-19,21-22,28H,9-11H2,1-6H3/t12?,13-,16-,17-,18-,19?,21+,22-,24+,25-/m1/s1. The summed E-state index contributed by atoms with van der Waals surface area (Å²) in [5.74, 6) is -2.26. The number of aliphatic hydroxyl groups excluding tert-OH is 1. The number of hydrogen-bond donors (Lipinski definition) is 1. The Morgan fingerprint density at radius 3 is 2.56 bits per heavy atom. The summed E-state index contributed by atoms with van der Waals surface area (Å²) in [6.45, 7) is 8.31. The van der Waals surface area contributed by atoms with Crippen molar-refractivity contribution in [1.82, 2.24) is 0 Å². The van der Waals surface area contributed by atoms with Gasteiger partial charge in [0.25, 0.3) is 0 Å². The number of cyclic esters (lactones) is 1. The van der Waals surface area contributed by atoms with Crippen molar-refractivity contribution in [3.63, 3.8) is 0 Å². The number of methoxy groups -OCH3 is 1. The number of ether oxygens (including phenoxy) is 3. The zero-order valence-electron chi connectivity index (χ0n) is 20.6. The summed E-state index contributed by atoms with van der Waals surface area (Å²) in [7, 11) is 1.50. The van der Waals surface area contributed by atoms with E-state index in [0.717, 1.165) is 11.1 Å². The zero-order chi connectivity index (χ0) is 25.2. The van der Waals surface area contributed by atoms with Gasteiger partial charge in [-0.25, -0.2) is 4.79 Å². The van der Waals surface area contributed by atoms with Gasteiger partial charge < -0.3 is 19.3 Å². The second-order valence-electron chi connectivity index (χ2n) is 10.6. The van der Waals surface area contributed by atoms with E-state index in [1.54, 1.807) is 13.8 Å². The molecule has 188 valence electrons. The fraction of sp³-hybridized carbons (Fsp3) is 0.760. The molecule has 1 N–H and O–H groups in total. The first-order chi connectivity index (χ1) is 15.9. The molecule has 4 aliphatic rings. The number of hydrogen-bond acceptors (Lipinski definition) is 8. The summed E-state index contributed by atoms with van der Waals surface area (Å²) in [5.41, 5.74) is -0.376. The van der Waals surface area contributed by atoms with Crippen LogP contribution >= 0.6 is 0 Å². The summed E-state index contributed by atoms with van der Waals surface area (Å²) in [4.78, 5) is 36.6. The number of nitrogens with zero attached hydrogens (tertiary/aromatic N) is 1. The lowest BCUT2D eigenvalue weighted by Crippen LogP contribution is -2.62. The number of fused-ring (bicyclic) bond motifs is 2. The highest BCUT2D eigenvalue weighted by Gasteiger charge is 2.66. The fourth-order valence-corrected chi connectivity index (χ4v) is 7.00. The van der Waals surface area contributed by atoms with Gasteiger partial charge in [-0.15, -0.1) is 0 Å². The molecule has 2 fully saturated rings. The summed E-state index contributed by atoms with van der Waals surface area (Å²) in [5, 5.41) is 21.8. The molecule has 2 saturated heterocycles. The van der Waals surface area contributed by atoms with Crippen LogP contribution < -0.4 is 0 Å². The molecule has 10 atom stereocenters. The van der Waals surface area contributed by atoms with E-state index in [1.165, 1.54) is 14.0 Å². The van der Waals surface area contributed by atoms with Crippen molar-refractivity contribution in [2.45, 2.75) is 77.0 Å². The molecule has 2 heterocycles. The SMILES string of the molecule is CO[C@]12C[C@H]3C=C[C@@H]4C[C@]3(O[C@H]4C(C[N+](=O)[O-])C(C)C(C)=O)C(C)=C1[C@@H](C)[C@@H]([C@@H](C)O)OC2=O.